The molecule has 1 aliphatic heterocycles. The van der Waals surface area contributed by atoms with Gasteiger partial charge in [-0.3, -0.25) is 9.32 Å². The van der Waals surface area contributed by atoms with Gasteiger partial charge in [-0.05, 0) is 21.1 Å². The molecule has 0 atom stereocenters. The molecule has 0 bridgehead atoms. The molecule has 0 aliphatic carbocycles. The van der Waals surface area contributed by atoms with Crippen LogP contribution in [0.5, 0.6) is 0 Å². The van der Waals surface area contributed by atoms with Gasteiger partial charge in [-0.1, -0.05) is 109 Å². The van der Waals surface area contributed by atoms with Crippen molar-refractivity contribution in [2.75, 3.05) is 0 Å². The SMILES string of the molecule is c1ccc([Si]2(c3ccccc3)N=c3c(c4ccccc4c4ccccc34)=N2)cc1. The van der Waals surface area contributed by atoms with E-state index in [1.54, 1.807) is 0 Å². The average Bonchev–Trinajstić information content (AvgIpc) is 3.23. The molecular formula is C26H18N2Si. The van der Waals surface area contributed by atoms with Crippen LogP contribution in [-0.4, -0.2) is 8.40 Å². The lowest BCUT2D eigenvalue weighted by Crippen LogP contribution is -2.55. The van der Waals surface area contributed by atoms with Crippen molar-refractivity contribution in [1.29, 1.82) is 0 Å². The number of benzene rings is 5. The minimum Gasteiger partial charge on any atom is -0.284 e. The second-order valence-corrected chi connectivity index (χ2v) is 10.4. The van der Waals surface area contributed by atoms with Gasteiger partial charge in [0.15, 0.2) is 0 Å². The van der Waals surface area contributed by atoms with Gasteiger partial charge in [-0.25, -0.2) is 0 Å². The van der Waals surface area contributed by atoms with E-state index >= 15 is 0 Å². The smallest absolute Gasteiger partial charge is 0.284 e. The zero-order valence-electron chi connectivity index (χ0n) is 15.8. The summed E-state index contributed by atoms with van der Waals surface area (Å²) < 4.78 is 10.9. The van der Waals surface area contributed by atoms with Crippen LogP contribution >= 0.6 is 0 Å². The Kier molecular flexibility index (Phi) is 3.52. The zero-order chi connectivity index (χ0) is 19.3. The lowest BCUT2D eigenvalue weighted by molar-refractivity contribution is 1.46. The average molecular weight is 387 g/mol. The van der Waals surface area contributed by atoms with E-state index in [0.717, 1.165) is 10.7 Å². The summed E-state index contributed by atoms with van der Waals surface area (Å²) in [4.78, 5) is 0. The van der Waals surface area contributed by atoms with Gasteiger partial charge in [-0.2, -0.15) is 0 Å². The lowest BCUT2D eigenvalue weighted by atomic mass is 10.0. The standard InChI is InChI=1S/C26H18N2Si/c1-3-11-19(12-4-1)29(20-13-5-2-6-14-20)27-25-23-17-9-7-15-21(23)22-16-8-10-18-24(22)26(25)28-29/h1-18H. The molecule has 5 aromatic rings. The number of hydrogen-bond acceptors (Lipinski definition) is 2. The van der Waals surface area contributed by atoms with Crippen molar-refractivity contribution in [3.63, 3.8) is 0 Å². The molecule has 6 rings (SSSR count). The van der Waals surface area contributed by atoms with E-state index < -0.39 is 8.40 Å². The normalized spacial score (nSPS) is 14.3. The molecule has 5 aromatic carbocycles. The Balaban J connectivity index is 1.84. The van der Waals surface area contributed by atoms with Crippen LogP contribution < -0.4 is 21.1 Å². The predicted molar refractivity (Wildman–Crippen MR) is 122 cm³/mol. The van der Waals surface area contributed by atoms with E-state index in [-0.39, 0.29) is 0 Å². The van der Waals surface area contributed by atoms with Gasteiger partial charge in [0.2, 0.25) is 0 Å². The Bertz CT molecular complexity index is 1380. The van der Waals surface area contributed by atoms with Gasteiger partial charge in [0.05, 0.1) is 10.7 Å². The van der Waals surface area contributed by atoms with E-state index in [9.17, 15) is 0 Å². The van der Waals surface area contributed by atoms with Crippen molar-refractivity contribution < 1.29 is 0 Å². The molecule has 0 radical (unpaired) electrons. The van der Waals surface area contributed by atoms with Crippen LogP contribution in [0.4, 0.5) is 0 Å². The van der Waals surface area contributed by atoms with Gasteiger partial charge in [-0.15, -0.1) is 0 Å². The highest BCUT2D eigenvalue weighted by Gasteiger charge is 2.41. The van der Waals surface area contributed by atoms with E-state index in [1.165, 1.54) is 31.9 Å². The van der Waals surface area contributed by atoms with Gasteiger partial charge in [0.25, 0.3) is 0 Å². The summed E-state index contributed by atoms with van der Waals surface area (Å²) in [7, 11) is -2.67. The molecule has 0 fully saturated rings. The summed E-state index contributed by atoms with van der Waals surface area (Å²) in [5, 5.41) is 9.37. The van der Waals surface area contributed by atoms with Gasteiger partial charge in [0.1, 0.15) is 0 Å². The number of nitrogens with zero attached hydrogens (tertiary/aromatic N) is 2. The second kappa shape index (κ2) is 6.22. The van der Waals surface area contributed by atoms with Crippen molar-refractivity contribution in [2.24, 2.45) is 9.32 Å². The maximum Gasteiger partial charge on any atom is 0.368 e. The molecule has 0 spiro atoms. The predicted octanol–water partition coefficient (Wildman–Crippen LogP) is 3.50. The number of hydrogen-bond donors (Lipinski definition) is 0. The first kappa shape index (κ1) is 16.4. The quantitative estimate of drug-likeness (QED) is 0.328. The molecule has 0 aromatic heterocycles. The fourth-order valence-corrected chi connectivity index (χ4v) is 7.76. The molecule has 0 saturated heterocycles. The first-order valence-electron chi connectivity index (χ1n) is 9.87. The summed E-state index contributed by atoms with van der Waals surface area (Å²) in [6, 6.07) is 38.4. The van der Waals surface area contributed by atoms with Gasteiger partial charge in [0, 0.05) is 10.8 Å². The van der Waals surface area contributed by atoms with Crippen LogP contribution in [0.3, 0.4) is 0 Å². The summed E-state index contributed by atoms with van der Waals surface area (Å²) in [5.41, 5.74) is 0. The highest BCUT2D eigenvalue weighted by atomic mass is 28.3. The van der Waals surface area contributed by atoms with E-state index in [2.05, 4.69) is 109 Å². The first-order valence-corrected chi connectivity index (χ1v) is 11.8. The van der Waals surface area contributed by atoms with E-state index in [4.69, 9.17) is 9.32 Å². The Morgan fingerprint density at radius 3 is 1.14 bits per heavy atom. The summed E-state index contributed by atoms with van der Waals surface area (Å²) >= 11 is 0. The summed E-state index contributed by atoms with van der Waals surface area (Å²) in [6.45, 7) is 0. The third kappa shape index (κ3) is 2.34. The zero-order valence-corrected chi connectivity index (χ0v) is 16.8. The van der Waals surface area contributed by atoms with Crippen LogP contribution in [0.25, 0.3) is 21.5 Å². The molecule has 0 amide bonds. The second-order valence-electron chi connectivity index (χ2n) is 7.42. The maximum atomic E-state index is 5.47. The van der Waals surface area contributed by atoms with Crippen LogP contribution in [0.15, 0.2) is 119 Å². The molecule has 0 unspecified atom stereocenters. The molecule has 0 N–H and O–H groups in total. The number of fused-ring (bicyclic) bond motifs is 6. The summed E-state index contributed by atoms with van der Waals surface area (Å²) in [5.74, 6) is 0. The van der Waals surface area contributed by atoms with Crippen molar-refractivity contribution in [3.05, 3.63) is 120 Å². The highest BCUT2D eigenvalue weighted by molar-refractivity contribution is 6.99. The molecule has 29 heavy (non-hydrogen) atoms. The number of rotatable bonds is 2. The van der Waals surface area contributed by atoms with E-state index in [1.807, 2.05) is 0 Å². The van der Waals surface area contributed by atoms with Crippen molar-refractivity contribution in [1.82, 2.24) is 0 Å². The Morgan fingerprint density at radius 1 is 0.379 bits per heavy atom. The third-order valence-corrected chi connectivity index (χ3v) is 9.15. The Hall–Kier alpha value is -3.56. The maximum absolute atomic E-state index is 5.47. The van der Waals surface area contributed by atoms with Gasteiger partial charge >= 0.3 is 8.40 Å². The fourth-order valence-electron chi connectivity index (χ4n) is 4.45. The molecule has 1 heterocycles. The highest BCUT2D eigenvalue weighted by Crippen LogP contribution is 2.22. The minimum atomic E-state index is -2.67. The largest absolute Gasteiger partial charge is 0.368 e. The lowest BCUT2D eigenvalue weighted by Gasteiger charge is -2.20. The van der Waals surface area contributed by atoms with Crippen LogP contribution in [0.1, 0.15) is 0 Å². The Labute approximate surface area is 169 Å². The first-order chi connectivity index (χ1) is 14.4. The fraction of sp³-hybridized carbons (Fsp3) is 0. The van der Waals surface area contributed by atoms with Crippen molar-refractivity contribution in [2.45, 2.75) is 0 Å². The molecule has 0 saturated carbocycles. The molecule has 2 nitrogen and oxygen atoms in total. The minimum absolute atomic E-state index is 1.04. The monoisotopic (exact) mass is 386 g/mol. The van der Waals surface area contributed by atoms with Gasteiger partial charge < -0.3 is 0 Å². The molecule has 1 aliphatic rings. The molecule has 3 heteroatoms. The summed E-state index contributed by atoms with van der Waals surface area (Å²) in [6.07, 6.45) is 0. The van der Waals surface area contributed by atoms with Crippen LogP contribution in [0.2, 0.25) is 0 Å². The van der Waals surface area contributed by atoms with Crippen LogP contribution in [0, 0.1) is 0 Å². The molecule has 136 valence electrons. The Morgan fingerprint density at radius 2 is 0.724 bits per heavy atom. The van der Waals surface area contributed by atoms with Crippen molar-refractivity contribution in [3.8, 4) is 0 Å². The van der Waals surface area contributed by atoms with E-state index in [0.29, 0.717) is 0 Å². The van der Waals surface area contributed by atoms with Crippen molar-refractivity contribution >= 4 is 40.3 Å². The molecular weight excluding hydrogens is 368 g/mol. The van der Waals surface area contributed by atoms with Crippen LogP contribution in [-0.2, 0) is 0 Å². The third-order valence-electron chi connectivity index (χ3n) is 5.78. The topological polar surface area (TPSA) is 24.7 Å².